The first-order chi connectivity index (χ1) is 10.8. The molecular formula is C18H28N2O3. The highest BCUT2D eigenvalue weighted by molar-refractivity contribution is 5.67. The van der Waals surface area contributed by atoms with Crippen LogP contribution in [0.15, 0.2) is 30.3 Å². The Morgan fingerprint density at radius 1 is 1.30 bits per heavy atom. The van der Waals surface area contributed by atoms with Gasteiger partial charge in [0.1, 0.15) is 0 Å². The average Bonchev–Trinajstić information content (AvgIpc) is 2.87. The van der Waals surface area contributed by atoms with E-state index in [1.807, 2.05) is 39.0 Å². The van der Waals surface area contributed by atoms with Crippen LogP contribution in [0.1, 0.15) is 32.3 Å². The third-order valence-electron chi connectivity index (χ3n) is 4.46. The number of rotatable bonds is 5. The van der Waals surface area contributed by atoms with Crippen molar-refractivity contribution >= 4 is 6.09 Å². The molecule has 5 heteroatoms. The van der Waals surface area contributed by atoms with Crippen molar-refractivity contribution in [3.8, 4) is 0 Å². The van der Waals surface area contributed by atoms with Gasteiger partial charge in [-0.3, -0.25) is 9.80 Å². The van der Waals surface area contributed by atoms with Crippen molar-refractivity contribution in [2.24, 2.45) is 0 Å². The van der Waals surface area contributed by atoms with Gasteiger partial charge in [0, 0.05) is 38.2 Å². The van der Waals surface area contributed by atoms with E-state index in [2.05, 4.69) is 17.0 Å². The number of ether oxygens (including phenoxy) is 1. The fraction of sp³-hybridized carbons (Fsp3) is 0.611. The van der Waals surface area contributed by atoms with Crippen LogP contribution in [0.25, 0.3) is 0 Å². The SMILES string of the molecule is COCCN1C[C@H](c2ccccc2)[C@@H](N(C(=O)O)C(C)(C)C)C1. The predicted octanol–water partition coefficient (Wildman–Crippen LogP) is 2.88. The summed E-state index contributed by atoms with van der Waals surface area (Å²) in [6.45, 7) is 8.97. The van der Waals surface area contributed by atoms with Gasteiger partial charge in [0.05, 0.1) is 12.6 Å². The maximum absolute atomic E-state index is 11.9. The summed E-state index contributed by atoms with van der Waals surface area (Å²) in [7, 11) is 1.70. The largest absolute Gasteiger partial charge is 0.465 e. The Morgan fingerprint density at radius 2 is 1.96 bits per heavy atom. The second-order valence-electron chi connectivity index (χ2n) is 7.16. The second-order valence-corrected chi connectivity index (χ2v) is 7.16. The summed E-state index contributed by atoms with van der Waals surface area (Å²) in [5.41, 5.74) is 0.772. The Labute approximate surface area is 138 Å². The molecule has 5 nitrogen and oxygen atoms in total. The summed E-state index contributed by atoms with van der Waals surface area (Å²) in [4.78, 5) is 15.8. The number of amides is 1. The van der Waals surface area contributed by atoms with Crippen LogP contribution in [0.4, 0.5) is 4.79 Å². The van der Waals surface area contributed by atoms with Gasteiger partial charge in [-0.1, -0.05) is 30.3 Å². The molecule has 23 heavy (non-hydrogen) atoms. The first-order valence-electron chi connectivity index (χ1n) is 8.13. The normalized spacial score (nSPS) is 22.3. The molecule has 0 unspecified atom stereocenters. The fourth-order valence-electron chi connectivity index (χ4n) is 3.48. The number of likely N-dealkylation sites (tertiary alicyclic amines) is 1. The van der Waals surface area contributed by atoms with Crippen LogP contribution in [-0.4, -0.2) is 65.9 Å². The molecule has 1 aliphatic heterocycles. The maximum atomic E-state index is 11.9. The molecule has 1 fully saturated rings. The number of hydrogen-bond donors (Lipinski definition) is 1. The van der Waals surface area contributed by atoms with Crippen molar-refractivity contribution in [3.05, 3.63) is 35.9 Å². The van der Waals surface area contributed by atoms with Crippen LogP contribution >= 0.6 is 0 Å². The minimum Gasteiger partial charge on any atom is -0.465 e. The van der Waals surface area contributed by atoms with Gasteiger partial charge in [0.25, 0.3) is 0 Å². The van der Waals surface area contributed by atoms with Crippen LogP contribution < -0.4 is 0 Å². The summed E-state index contributed by atoms with van der Waals surface area (Å²) >= 11 is 0. The highest BCUT2D eigenvalue weighted by atomic mass is 16.5. The van der Waals surface area contributed by atoms with Crippen LogP contribution in [0.3, 0.4) is 0 Å². The van der Waals surface area contributed by atoms with Gasteiger partial charge in [0.2, 0.25) is 0 Å². The minimum absolute atomic E-state index is 0.0493. The maximum Gasteiger partial charge on any atom is 0.408 e. The Kier molecular flexibility index (Phi) is 5.65. The smallest absolute Gasteiger partial charge is 0.408 e. The summed E-state index contributed by atoms with van der Waals surface area (Å²) < 4.78 is 5.18. The molecule has 1 heterocycles. The second kappa shape index (κ2) is 7.32. The first-order valence-corrected chi connectivity index (χ1v) is 8.13. The predicted molar refractivity (Wildman–Crippen MR) is 90.9 cm³/mol. The van der Waals surface area contributed by atoms with Crippen LogP contribution in [0.2, 0.25) is 0 Å². The highest BCUT2D eigenvalue weighted by Gasteiger charge is 2.43. The molecule has 2 rings (SSSR count). The van der Waals surface area contributed by atoms with E-state index in [1.54, 1.807) is 12.0 Å². The van der Waals surface area contributed by atoms with E-state index in [0.29, 0.717) is 6.61 Å². The molecule has 1 N–H and O–H groups in total. The average molecular weight is 320 g/mol. The van der Waals surface area contributed by atoms with Crippen molar-refractivity contribution in [2.45, 2.75) is 38.3 Å². The molecule has 1 aromatic rings. The monoisotopic (exact) mass is 320 g/mol. The summed E-state index contributed by atoms with van der Waals surface area (Å²) in [5.74, 6) is 0.184. The molecule has 128 valence electrons. The standard InChI is InChI=1S/C18H28N2O3/c1-18(2,3)20(17(21)22)16-13-19(10-11-23-4)12-15(16)14-8-6-5-7-9-14/h5-9,15-16H,10-13H2,1-4H3,(H,21,22)/t15-,16+/m1/s1. The van der Waals surface area contributed by atoms with Crippen molar-refractivity contribution in [3.63, 3.8) is 0 Å². The number of carbonyl (C=O) groups is 1. The molecule has 0 aliphatic carbocycles. The number of methoxy groups -OCH3 is 1. The van der Waals surface area contributed by atoms with Gasteiger partial charge in [-0.05, 0) is 26.3 Å². The molecule has 0 spiro atoms. The van der Waals surface area contributed by atoms with Gasteiger partial charge >= 0.3 is 6.09 Å². The lowest BCUT2D eigenvalue weighted by molar-refractivity contribution is 0.0667. The molecule has 1 amide bonds. The van der Waals surface area contributed by atoms with Gasteiger partial charge < -0.3 is 9.84 Å². The number of nitrogens with zero attached hydrogens (tertiary/aromatic N) is 2. The molecule has 1 aliphatic rings. The van der Waals surface area contributed by atoms with Gasteiger partial charge in [-0.25, -0.2) is 4.79 Å². The zero-order chi connectivity index (χ0) is 17.0. The van der Waals surface area contributed by atoms with E-state index < -0.39 is 11.6 Å². The van der Waals surface area contributed by atoms with E-state index in [9.17, 15) is 9.90 Å². The first kappa shape index (κ1) is 17.8. The molecule has 0 aromatic heterocycles. The summed E-state index contributed by atoms with van der Waals surface area (Å²) in [6, 6.07) is 10.2. The number of carboxylic acid groups (broad SMARTS) is 1. The number of hydrogen-bond acceptors (Lipinski definition) is 3. The van der Waals surface area contributed by atoms with Crippen molar-refractivity contribution in [1.29, 1.82) is 0 Å². The minimum atomic E-state index is -0.850. The summed E-state index contributed by atoms with van der Waals surface area (Å²) in [5, 5.41) is 9.78. The molecular weight excluding hydrogens is 292 g/mol. The quantitative estimate of drug-likeness (QED) is 0.906. The number of benzene rings is 1. The van der Waals surface area contributed by atoms with E-state index in [1.165, 1.54) is 5.56 Å². The third kappa shape index (κ3) is 4.24. The van der Waals surface area contributed by atoms with E-state index in [4.69, 9.17) is 4.74 Å². The lowest BCUT2D eigenvalue weighted by Crippen LogP contribution is -2.53. The van der Waals surface area contributed by atoms with Crippen molar-refractivity contribution < 1.29 is 14.6 Å². The lowest BCUT2D eigenvalue weighted by atomic mass is 9.90. The zero-order valence-electron chi connectivity index (χ0n) is 14.5. The molecule has 0 radical (unpaired) electrons. The van der Waals surface area contributed by atoms with Crippen molar-refractivity contribution in [2.75, 3.05) is 33.4 Å². The molecule has 1 saturated heterocycles. The molecule has 0 saturated carbocycles. The van der Waals surface area contributed by atoms with Crippen LogP contribution in [0, 0.1) is 0 Å². The van der Waals surface area contributed by atoms with E-state index >= 15 is 0 Å². The van der Waals surface area contributed by atoms with Crippen molar-refractivity contribution in [1.82, 2.24) is 9.80 Å². The summed E-state index contributed by atoms with van der Waals surface area (Å²) in [6.07, 6.45) is -0.850. The Hall–Kier alpha value is -1.59. The highest BCUT2D eigenvalue weighted by Crippen LogP contribution is 2.34. The van der Waals surface area contributed by atoms with Gasteiger partial charge in [-0.2, -0.15) is 0 Å². The van der Waals surface area contributed by atoms with E-state index in [-0.39, 0.29) is 12.0 Å². The lowest BCUT2D eigenvalue weighted by Gasteiger charge is -2.40. The van der Waals surface area contributed by atoms with E-state index in [0.717, 1.165) is 19.6 Å². The Bertz CT molecular complexity index is 513. The fourth-order valence-corrected chi connectivity index (χ4v) is 3.48. The third-order valence-corrected chi connectivity index (χ3v) is 4.46. The van der Waals surface area contributed by atoms with Crippen LogP contribution in [-0.2, 0) is 4.74 Å². The van der Waals surface area contributed by atoms with Gasteiger partial charge in [-0.15, -0.1) is 0 Å². The van der Waals surface area contributed by atoms with Crippen LogP contribution in [0.5, 0.6) is 0 Å². The molecule has 1 aromatic carbocycles. The molecule has 2 atom stereocenters. The van der Waals surface area contributed by atoms with Gasteiger partial charge in [0.15, 0.2) is 0 Å². The Morgan fingerprint density at radius 3 is 2.48 bits per heavy atom. The zero-order valence-corrected chi connectivity index (χ0v) is 14.5. The topological polar surface area (TPSA) is 53.0 Å². The Balaban J connectivity index is 2.30. The molecule has 0 bridgehead atoms.